The largest absolute Gasteiger partial charge is 0.388 e. The Morgan fingerprint density at radius 2 is 1.65 bits per heavy atom. The van der Waals surface area contributed by atoms with E-state index in [1.807, 2.05) is 19.1 Å². The third-order valence-corrected chi connectivity index (χ3v) is 4.41. The average molecular weight is 346 g/mol. The van der Waals surface area contributed by atoms with E-state index in [2.05, 4.69) is 28.9 Å². The predicted octanol–water partition coefficient (Wildman–Crippen LogP) is 3.96. The van der Waals surface area contributed by atoms with Crippen LogP contribution in [-0.2, 0) is 6.54 Å². The van der Waals surface area contributed by atoms with Gasteiger partial charge in [0.2, 0.25) is 0 Å². The average Bonchev–Trinajstić information content (AvgIpc) is 2.46. The summed E-state index contributed by atoms with van der Waals surface area (Å²) in [6, 6.07) is 13.5. The Balaban J connectivity index is 1.68. The summed E-state index contributed by atoms with van der Waals surface area (Å²) in [6.07, 6.45) is 0. The quantitative estimate of drug-likeness (QED) is 0.832. The van der Waals surface area contributed by atoms with Crippen molar-refractivity contribution in [3.05, 3.63) is 69.2 Å². The summed E-state index contributed by atoms with van der Waals surface area (Å²) in [5, 5.41) is 10.9. The van der Waals surface area contributed by atoms with E-state index in [1.54, 1.807) is 18.2 Å². The molecule has 118 valence electrons. The summed E-state index contributed by atoms with van der Waals surface area (Å²) in [4.78, 5) is 2.21. The molecule has 23 heavy (non-hydrogen) atoms. The van der Waals surface area contributed by atoms with E-state index in [1.165, 1.54) is 5.56 Å². The molecular weight excluding hydrogens is 329 g/mol. The second-order valence-corrected chi connectivity index (χ2v) is 7.00. The van der Waals surface area contributed by atoms with Crippen LogP contribution in [0.25, 0.3) is 0 Å². The molecule has 0 atom stereocenters. The molecule has 0 spiro atoms. The van der Waals surface area contributed by atoms with Gasteiger partial charge in [-0.25, -0.2) is 0 Å². The van der Waals surface area contributed by atoms with Crippen molar-refractivity contribution in [1.29, 1.82) is 0 Å². The van der Waals surface area contributed by atoms with Crippen LogP contribution in [0.1, 0.15) is 23.6 Å². The van der Waals surface area contributed by atoms with Crippen molar-refractivity contribution in [2.45, 2.75) is 19.1 Å². The Hall–Kier alpha value is -1.50. The number of benzene rings is 2. The first-order valence-electron chi connectivity index (χ1n) is 7.43. The predicted molar refractivity (Wildman–Crippen MR) is 94.8 cm³/mol. The van der Waals surface area contributed by atoms with E-state index >= 15 is 0 Å². The van der Waals surface area contributed by atoms with Gasteiger partial charge in [0.1, 0.15) is 0 Å². The standard InChI is InChI=1S/C19H17Cl2NO/c1-19(23)12-22(13-19)11-15-7-5-14(6-8-15)9-10-16-17(20)3-2-4-18(16)21/h2-8,23H,11-13H2,1H3. The van der Waals surface area contributed by atoms with Gasteiger partial charge in [0.15, 0.2) is 0 Å². The Kier molecular flexibility index (Phi) is 4.66. The van der Waals surface area contributed by atoms with Crippen molar-refractivity contribution in [3.8, 4) is 11.8 Å². The molecule has 2 aromatic rings. The number of nitrogens with zero attached hydrogens (tertiary/aromatic N) is 1. The van der Waals surface area contributed by atoms with E-state index in [9.17, 15) is 5.11 Å². The SMILES string of the molecule is CC1(O)CN(Cc2ccc(C#Cc3c(Cl)cccc3Cl)cc2)C1. The first-order valence-corrected chi connectivity index (χ1v) is 8.18. The Morgan fingerprint density at radius 3 is 2.22 bits per heavy atom. The van der Waals surface area contributed by atoms with Crippen LogP contribution in [0.5, 0.6) is 0 Å². The summed E-state index contributed by atoms with van der Waals surface area (Å²) < 4.78 is 0. The van der Waals surface area contributed by atoms with E-state index in [4.69, 9.17) is 23.2 Å². The van der Waals surface area contributed by atoms with Gasteiger partial charge in [-0.15, -0.1) is 0 Å². The van der Waals surface area contributed by atoms with Gasteiger partial charge in [-0.3, -0.25) is 4.90 Å². The van der Waals surface area contributed by atoms with E-state index in [-0.39, 0.29) is 0 Å². The summed E-state index contributed by atoms with van der Waals surface area (Å²) in [5.74, 6) is 6.13. The van der Waals surface area contributed by atoms with Gasteiger partial charge in [-0.2, -0.15) is 0 Å². The zero-order valence-corrected chi connectivity index (χ0v) is 14.3. The fourth-order valence-electron chi connectivity index (χ4n) is 2.73. The maximum atomic E-state index is 9.75. The minimum absolute atomic E-state index is 0.528. The van der Waals surface area contributed by atoms with Crippen LogP contribution in [0.4, 0.5) is 0 Å². The lowest BCUT2D eigenvalue weighted by molar-refractivity contribution is -0.0871. The molecule has 0 radical (unpaired) electrons. The highest BCUT2D eigenvalue weighted by atomic mass is 35.5. The third-order valence-electron chi connectivity index (χ3n) is 3.78. The number of hydrogen-bond acceptors (Lipinski definition) is 2. The Morgan fingerprint density at radius 1 is 1.04 bits per heavy atom. The Bertz CT molecular complexity index is 744. The first kappa shape index (κ1) is 16.4. The smallest absolute Gasteiger partial charge is 0.0872 e. The molecule has 1 heterocycles. The van der Waals surface area contributed by atoms with Crippen molar-refractivity contribution in [3.63, 3.8) is 0 Å². The zero-order valence-electron chi connectivity index (χ0n) is 12.8. The minimum atomic E-state index is -0.528. The van der Waals surface area contributed by atoms with Crippen LogP contribution in [0.2, 0.25) is 10.0 Å². The lowest BCUT2D eigenvalue weighted by Crippen LogP contribution is -2.59. The van der Waals surface area contributed by atoms with Gasteiger partial charge in [-0.05, 0) is 36.8 Å². The zero-order chi connectivity index (χ0) is 16.4. The molecule has 0 aromatic heterocycles. The molecule has 1 N–H and O–H groups in total. The molecule has 0 unspecified atom stereocenters. The van der Waals surface area contributed by atoms with Crippen LogP contribution >= 0.6 is 23.2 Å². The van der Waals surface area contributed by atoms with Crippen molar-refractivity contribution in [2.75, 3.05) is 13.1 Å². The van der Waals surface area contributed by atoms with Gasteiger partial charge in [0.25, 0.3) is 0 Å². The number of hydrogen-bond donors (Lipinski definition) is 1. The molecular formula is C19H17Cl2NO. The summed E-state index contributed by atoms with van der Waals surface area (Å²) in [7, 11) is 0. The summed E-state index contributed by atoms with van der Waals surface area (Å²) in [6.45, 7) is 4.15. The molecule has 1 aliphatic rings. The van der Waals surface area contributed by atoms with E-state index < -0.39 is 5.60 Å². The molecule has 1 aliphatic heterocycles. The molecule has 4 heteroatoms. The summed E-state index contributed by atoms with van der Waals surface area (Å²) in [5.41, 5.74) is 2.25. The maximum Gasteiger partial charge on any atom is 0.0872 e. The number of β-amino-alcohol motifs (C(OH)–C–C–N with tert-alkyl or cyclic N) is 1. The minimum Gasteiger partial charge on any atom is -0.388 e. The number of aliphatic hydroxyl groups is 1. The molecule has 3 rings (SSSR count). The first-order chi connectivity index (χ1) is 10.9. The number of halogens is 2. The monoisotopic (exact) mass is 345 g/mol. The van der Waals surface area contributed by atoms with Crippen molar-refractivity contribution in [1.82, 2.24) is 4.90 Å². The highest BCUT2D eigenvalue weighted by Crippen LogP contribution is 2.23. The summed E-state index contributed by atoms with van der Waals surface area (Å²) >= 11 is 12.2. The lowest BCUT2D eigenvalue weighted by atomic mass is 9.96. The van der Waals surface area contributed by atoms with Crippen molar-refractivity contribution < 1.29 is 5.11 Å². The molecule has 0 amide bonds. The molecule has 0 bridgehead atoms. The van der Waals surface area contributed by atoms with Crippen LogP contribution in [0.15, 0.2) is 42.5 Å². The van der Waals surface area contributed by atoms with Gasteiger partial charge in [0, 0.05) is 25.2 Å². The lowest BCUT2D eigenvalue weighted by Gasteiger charge is -2.44. The van der Waals surface area contributed by atoms with Crippen molar-refractivity contribution >= 4 is 23.2 Å². The van der Waals surface area contributed by atoms with Gasteiger partial charge in [-0.1, -0.05) is 53.2 Å². The maximum absolute atomic E-state index is 9.75. The second kappa shape index (κ2) is 6.55. The highest BCUT2D eigenvalue weighted by Gasteiger charge is 2.35. The second-order valence-electron chi connectivity index (χ2n) is 6.19. The number of rotatable bonds is 2. The highest BCUT2D eigenvalue weighted by molar-refractivity contribution is 6.36. The molecule has 2 nitrogen and oxygen atoms in total. The molecule has 2 aromatic carbocycles. The molecule has 1 fully saturated rings. The fourth-order valence-corrected chi connectivity index (χ4v) is 3.22. The molecule has 0 saturated carbocycles. The van der Waals surface area contributed by atoms with Gasteiger partial charge in [0.05, 0.1) is 21.2 Å². The molecule has 1 saturated heterocycles. The Labute approximate surface area is 146 Å². The number of likely N-dealkylation sites (tertiary alicyclic amines) is 1. The molecule has 0 aliphatic carbocycles. The third kappa shape index (κ3) is 4.07. The van der Waals surface area contributed by atoms with E-state index in [0.717, 1.165) is 25.2 Å². The van der Waals surface area contributed by atoms with Crippen LogP contribution < -0.4 is 0 Å². The van der Waals surface area contributed by atoms with Gasteiger partial charge < -0.3 is 5.11 Å². The van der Waals surface area contributed by atoms with E-state index in [0.29, 0.717) is 15.6 Å². The van der Waals surface area contributed by atoms with Crippen LogP contribution in [0.3, 0.4) is 0 Å². The van der Waals surface area contributed by atoms with Crippen LogP contribution in [0, 0.1) is 11.8 Å². The normalized spacial score (nSPS) is 16.3. The van der Waals surface area contributed by atoms with Crippen LogP contribution in [-0.4, -0.2) is 28.7 Å². The fraction of sp³-hybridized carbons (Fsp3) is 0.263. The van der Waals surface area contributed by atoms with Crippen molar-refractivity contribution in [2.24, 2.45) is 0 Å². The van der Waals surface area contributed by atoms with Gasteiger partial charge >= 0.3 is 0 Å². The topological polar surface area (TPSA) is 23.5 Å².